The van der Waals surface area contributed by atoms with E-state index in [9.17, 15) is 9.18 Å². The number of carbonyl (C=O) groups is 1. The Morgan fingerprint density at radius 2 is 1.79 bits per heavy atom. The summed E-state index contributed by atoms with van der Waals surface area (Å²) in [6, 6.07) is 14.1. The molecule has 2 aromatic carbocycles. The number of hydrogen-bond donors (Lipinski definition) is 1. The molecule has 0 saturated carbocycles. The number of carbonyl (C=O) groups excluding carboxylic acids is 1. The highest BCUT2D eigenvalue weighted by Gasteiger charge is 2.20. The van der Waals surface area contributed by atoms with Crippen molar-refractivity contribution in [3.8, 4) is 5.69 Å². The second kappa shape index (κ2) is 7.40. The highest BCUT2D eigenvalue weighted by atomic mass is 79.9. The molecule has 4 rings (SSSR count). The standard InChI is InChI=1S/C22H18BrFN4O/c1-12-4-7-16(8-5-12)28-21-20(14(3)27-28)17(10-13(2)25-21)22(29)26-19-9-6-15(23)11-18(19)24/h4-11H,1-3H3,(H,26,29). The van der Waals surface area contributed by atoms with Crippen molar-refractivity contribution < 1.29 is 9.18 Å². The van der Waals surface area contributed by atoms with Gasteiger partial charge >= 0.3 is 0 Å². The van der Waals surface area contributed by atoms with E-state index in [1.165, 1.54) is 12.1 Å². The lowest BCUT2D eigenvalue weighted by atomic mass is 10.1. The van der Waals surface area contributed by atoms with Crippen LogP contribution in [0.15, 0.2) is 53.0 Å². The third-order valence-corrected chi connectivity index (χ3v) is 5.14. The predicted molar refractivity (Wildman–Crippen MR) is 115 cm³/mol. The summed E-state index contributed by atoms with van der Waals surface area (Å²) >= 11 is 3.22. The van der Waals surface area contributed by atoms with Crippen molar-refractivity contribution in [2.75, 3.05) is 5.32 Å². The number of fused-ring (bicyclic) bond motifs is 1. The molecule has 7 heteroatoms. The van der Waals surface area contributed by atoms with Crippen LogP contribution < -0.4 is 5.32 Å². The van der Waals surface area contributed by atoms with Gasteiger partial charge in [-0.25, -0.2) is 14.1 Å². The Morgan fingerprint density at radius 1 is 1.07 bits per heavy atom. The lowest BCUT2D eigenvalue weighted by Gasteiger charge is -2.09. The van der Waals surface area contributed by atoms with E-state index in [1.54, 1.807) is 16.8 Å². The molecule has 0 aliphatic rings. The van der Waals surface area contributed by atoms with Crippen LogP contribution in [0.1, 0.15) is 27.3 Å². The van der Waals surface area contributed by atoms with Crippen molar-refractivity contribution in [1.29, 1.82) is 0 Å². The van der Waals surface area contributed by atoms with Crippen LogP contribution in [0.5, 0.6) is 0 Å². The number of nitrogens with zero attached hydrogens (tertiary/aromatic N) is 3. The SMILES string of the molecule is Cc1ccc(-n2nc(C)c3c(C(=O)Nc4ccc(Br)cc4F)cc(C)nc32)cc1. The minimum atomic E-state index is -0.512. The first-order valence-electron chi connectivity index (χ1n) is 9.04. The van der Waals surface area contributed by atoms with Crippen LogP contribution in [0.4, 0.5) is 10.1 Å². The molecule has 4 aromatic rings. The van der Waals surface area contributed by atoms with Gasteiger partial charge in [0.25, 0.3) is 5.91 Å². The lowest BCUT2D eigenvalue weighted by molar-refractivity contribution is 0.102. The number of pyridine rings is 1. The molecular formula is C22H18BrFN4O. The highest BCUT2D eigenvalue weighted by Crippen LogP contribution is 2.27. The molecule has 5 nitrogen and oxygen atoms in total. The van der Waals surface area contributed by atoms with E-state index >= 15 is 0 Å². The highest BCUT2D eigenvalue weighted by molar-refractivity contribution is 9.10. The molecule has 1 N–H and O–H groups in total. The molecule has 2 aromatic heterocycles. The quantitative estimate of drug-likeness (QED) is 0.446. The van der Waals surface area contributed by atoms with E-state index in [2.05, 4.69) is 31.3 Å². The number of hydrogen-bond acceptors (Lipinski definition) is 3. The summed E-state index contributed by atoms with van der Waals surface area (Å²) in [5.74, 6) is -0.921. The first kappa shape index (κ1) is 19.3. The predicted octanol–water partition coefficient (Wildman–Crippen LogP) is 5.50. The monoisotopic (exact) mass is 452 g/mol. The summed E-state index contributed by atoms with van der Waals surface area (Å²) in [7, 11) is 0. The van der Waals surface area contributed by atoms with Gasteiger partial charge in [0, 0.05) is 10.2 Å². The second-order valence-corrected chi connectivity index (χ2v) is 7.84. The van der Waals surface area contributed by atoms with Crippen LogP contribution in [0, 0.1) is 26.6 Å². The minimum absolute atomic E-state index is 0.115. The van der Waals surface area contributed by atoms with Gasteiger partial charge in [-0.15, -0.1) is 0 Å². The molecule has 0 radical (unpaired) electrons. The van der Waals surface area contributed by atoms with Crippen molar-refractivity contribution in [3.05, 3.63) is 81.3 Å². The van der Waals surface area contributed by atoms with Gasteiger partial charge in [0.1, 0.15) is 5.82 Å². The number of halogens is 2. The smallest absolute Gasteiger partial charge is 0.256 e. The van der Waals surface area contributed by atoms with Gasteiger partial charge in [-0.05, 0) is 57.2 Å². The molecule has 0 atom stereocenters. The second-order valence-electron chi connectivity index (χ2n) is 6.92. The summed E-state index contributed by atoms with van der Waals surface area (Å²) in [4.78, 5) is 17.6. The molecule has 0 bridgehead atoms. The van der Waals surface area contributed by atoms with Crippen molar-refractivity contribution >= 4 is 38.6 Å². The van der Waals surface area contributed by atoms with Gasteiger partial charge in [0.05, 0.1) is 28.0 Å². The minimum Gasteiger partial charge on any atom is -0.319 e. The Hall–Kier alpha value is -3.06. The molecule has 1 amide bonds. The van der Waals surface area contributed by atoms with Crippen molar-refractivity contribution in [2.45, 2.75) is 20.8 Å². The van der Waals surface area contributed by atoms with Crippen LogP contribution in [-0.4, -0.2) is 20.7 Å². The Balaban J connectivity index is 1.82. The van der Waals surface area contributed by atoms with Crippen molar-refractivity contribution in [3.63, 3.8) is 0 Å². The molecule has 0 saturated heterocycles. The van der Waals surface area contributed by atoms with Crippen LogP contribution >= 0.6 is 15.9 Å². The number of benzene rings is 2. The zero-order valence-corrected chi connectivity index (χ0v) is 17.7. The van der Waals surface area contributed by atoms with E-state index in [0.29, 0.717) is 32.5 Å². The number of anilines is 1. The van der Waals surface area contributed by atoms with Crippen LogP contribution in [0.25, 0.3) is 16.7 Å². The van der Waals surface area contributed by atoms with Gasteiger partial charge < -0.3 is 5.32 Å². The summed E-state index contributed by atoms with van der Waals surface area (Å²) in [6.07, 6.45) is 0. The van der Waals surface area contributed by atoms with Gasteiger partial charge in [-0.3, -0.25) is 4.79 Å². The van der Waals surface area contributed by atoms with Gasteiger partial charge in [-0.2, -0.15) is 5.10 Å². The molecule has 0 unspecified atom stereocenters. The van der Waals surface area contributed by atoms with Gasteiger partial charge in [-0.1, -0.05) is 33.6 Å². The maximum absolute atomic E-state index is 14.2. The average molecular weight is 453 g/mol. The molecule has 29 heavy (non-hydrogen) atoms. The van der Waals surface area contributed by atoms with Gasteiger partial charge in [0.15, 0.2) is 5.65 Å². The summed E-state index contributed by atoms with van der Waals surface area (Å²) in [5.41, 5.74) is 4.46. The third-order valence-electron chi connectivity index (χ3n) is 4.64. The summed E-state index contributed by atoms with van der Waals surface area (Å²) in [6.45, 7) is 5.67. The first-order chi connectivity index (χ1) is 13.8. The van der Waals surface area contributed by atoms with E-state index < -0.39 is 11.7 Å². The van der Waals surface area contributed by atoms with E-state index in [1.807, 2.05) is 45.0 Å². The third kappa shape index (κ3) is 3.65. The largest absolute Gasteiger partial charge is 0.319 e. The normalized spacial score (nSPS) is 11.1. The zero-order valence-electron chi connectivity index (χ0n) is 16.1. The van der Waals surface area contributed by atoms with Crippen LogP contribution in [0.2, 0.25) is 0 Å². The fraction of sp³-hybridized carbons (Fsp3) is 0.136. The maximum Gasteiger partial charge on any atom is 0.256 e. The molecule has 146 valence electrons. The Bertz CT molecular complexity index is 1250. The van der Waals surface area contributed by atoms with Crippen LogP contribution in [-0.2, 0) is 0 Å². The number of rotatable bonds is 3. The molecule has 0 fully saturated rings. The maximum atomic E-state index is 14.2. The van der Waals surface area contributed by atoms with Crippen LogP contribution in [0.3, 0.4) is 0 Å². The number of aryl methyl sites for hydroxylation is 3. The summed E-state index contributed by atoms with van der Waals surface area (Å²) in [5, 5.41) is 7.91. The number of amides is 1. The number of aromatic nitrogens is 3. The molecule has 2 heterocycles. The summed E-state index contributed by atoms with van der Waals surface area (Å²) < 4.78 is 16.5. The fourth-order valence-corrected chi connectivity index (χ4v) is 3.57. The van der Waals surface area contributed by atoms with Crippen molar-refractivity contribution in [2.24, 2.45) is 0 Å². The van der Waals surface area contributed by atoms with E-state index in [-0.39, 0.29) is 5.69 Å². The first-order valence-corrected chi connectivity index (χ1v) is 9.83. The van der Waals surface area contributed by atoms with Crippen molar-refractivity contribution in [1.82, 2.24) is 14.8 Å². The average Bonchev–Trinajstić information content (AvgIpc) is 3.00. The topological polar surface area (TPSA) is 59.8 Å². The van der Waals surface area contributed by atoms with E-state index in [0.717, 1.165) is 11.3 Å². The molecule has 0 aliphatic carbocycles. The number of nitrogens with one attached hydrogen (secondary N) is 1. The Labute approximate surface area is 175 Å². The lowest BCUT2D eigenvalue weighted by Crippen LogP contribution is -2.14. The molecule has 0 spiro atoms. The Kier molecular flexibility index (Phi) is 4.92. The molecular weight excluding hydrogens is 435 g/mol. The molecule has 0 aliphatic heterocycles. The van der Waals surface area contributed by atoms with Gasteiger partial charge in [0.2, 0.25) is 0 Å². The fourth-order valence-electron chi connectivity index (χ4n) is 3.24. The zero-order chi connectivity index (χ0) is 20.7. The Morgan fingerprint density at radius 3 is 2.48 bits per heavy atom. The van der Waals surface area contributed by atoms with E-state index in [4.69, 9.17) is 0 Å².